The summed E-state index contributed by atoms with van der Waals surface area (Å²) < 4.78 is 36.9. The smallest absolute Gasteiger partial charge is 0.267 e. The third kappa shape index (κ3) is 4.69. The van der Waals surface area contributed by atoms with Gasteiger partial charge in [0.15, 0.2) is 17.9 Å². The first-order valence-corrected chi connectivity index (χ1v) is 12.8. The molecule has 0 aliphatic carbocycles. The van der Waals surface area contributed by atoms with Gasteiger partial charge in [0.2, 0.25) is 6.10 Å². The lowest BCUT2D eigenvalue weighted by molar-refractivity contribution is -0.232. The van der Waals surface area contributed by atoms with Crippen molar-refractivity contribution in [1.29, 1.82) is 0 Å². The van der Waals surface area contributed by atoms with E-state index in [2.05, 4.69) is 0 Å². The van der Waals surface area contributed by atoms with Crippen LogP contribution in [0, 0.1) is 0 Å². The Bertz CT molecular complexity index is 1150. The average molecular weight is 508 g/mol. The minimum absolute atomic E-state index is 0.128. The molecule has 0 unspecified atom stereocenters. The number of carbonyl (C=O) groups excluding carboxylic acids is 1. The van der Waals surface area contributed by atoms with E-state index < -0.39 is 42.2 Å². The lowest BCUT2D eigenvalue weighted by Crippen LogP contribution is -2.72. The van der Waals surface area contributed by atoms with Gasteiger partial charge in [-0.3, -0.25) is 4.79 Å². The van der Waals surface area contributed by atoms with Crippen LogP contribution in [0.25, 0.3) is 6.08 Å². The van der Waals surface area contributed by atoms with E-state index in [-0.39, 0.29) is 18.1 Å². The molecule has 4 heterocycles. The molecule has 0 N–H and O–H groups in total. The van der Waals surface area contributed by atoms with Gasteiger partial charge in [0.05, 0.1) is 18.7 Å². The average Bonchev–Trinajstić information content (AvgIpc) is 3.50. The van der Waals surface area contributed by atoms with Gasteiger partial charge in [-0.25, -0.2) is 0 Å². The molecule has 0 spiro atoms. The van der Waals surface area contributed by atoms with Crippen molar-refractivity contribution in [3.63, 3.8) is 0 Å². The maximum atomic E-state index is 13.8. The Labute approximate surface area is 217 Å². The van der Waals surface area contributed by atoms with E-state index in [1.807, 2.05) is 105 Å². The summed E-state index contributed by atoms with van der Waals surface area (Å²) in [5, 5.41) is 0. The molecule has 0 bridgehead atoms. The number of hydrogen-bond acceptors (Lipinski definition) is 7. The van der Waals surface area contributed by atoms with E-state index >= 15 is 0 Å². The minimum Gasteiger partial charge on any atom is -0.478 e. The van der Waals surface area contributed by atoms with Gasteiger partial charge in [-0.1, -0.05) is 60.7 Å². The van der Waals surface area contributed by atoms with Crippen LogP contribution in [-0.4, -0.2) is 71.8 Å². The van der Waals surface area contributed by atoms with Crippen molar-refractivity contribution in [3.05, 3.63) is 72.3 Å². The molecule has 8 nitrogen and oxygen atoms in total. The zero-order chi connectivity index (χ0) is 25.8. The summed E-state index contributed by atoms with van der Waals surface area (Å²) in [5.41, 5.74) is 1.04. The molecule has 6 rings (SSSR count). The lowest BCUT2D eigenvalue weighted by atomic mass is 9.89. The van der Waals surface area contributed by atoms with E-state index in [1.165, 1.54) is 0 Å². The molecule has 1 amide bonds. The molecule has 196 valence electrons. The molecule has 4 aliphatic heterocycles. The van der Waals surface area contributed by atoms with Gasteiger partial charge in [0.25, 0.3) is 5.91 Å². The summed E-state index contributed by atoms with van der Waals surface area (Å²) in [5.74, 6) is -1.04. The third-order valence-electron chi connectivity index (χ3n) is 7.19. The van der Waals surface area contributed by atoms with Crippen LogP contribution >= 0.6 is 0 Å². The van der Waals surface area contributed by atoms with Crippen molar-refractivity contribution in [2.75, 3.05) is 6.61 Å². The van der Waals surface area contributed by atoms with Crippen molar-refractivity contribution in [2.45, 2.75) is 82.1 Å². The zero-order valence-electron chi connectivity index (χ0n) is 21.5. The Morgan fingerprint density at radius 2 is 1.59 bits per heavy atom. The Hall–Kier alpha value is -2.75. The Morgan fingerprint density at radius 1 is 0.892 bits per heavy atom. The maximum Gasteiger partial charge on any atom is 0.267 e. The maximum absolute atomic E-state index is 13.8. The normalized spacial score (nSPS) is 36.1. The molecular formula is C29H33NO7. The van der Waals surface area contributed by atoms with Crippen LogP contribution in [0.4, 0.5) is 0 Å². The van der Waals surface area contributed by atoms with Crippen LogP contribution in [0.2, 0.25) is 0 Å². The van der Waals surface area contributed by atoms with Gasteiger partial charge in [0, 0.05) is 0 Å². The molecule has 0 saturated carbocycles. The molecule has 4 fully saturated rings. The number of carbonyl (C=O) groups is 1. The van der Waals surface area contributed by atoms with E-state index in [9.17, 15) is 4.79 Å². The minimum atomic E-state index is -0.825. The SMILES string of the molecule is CC1(C)O[C@@H]2O[C@H]([C@H]3COC(C)(C)O3)[C@H](N3C(=O)[C@@H](Oc4ccccc4)[C@H]3/C=C/c3ccccc3)[C@H]2O1. The van der Waals surface area contributed by atoms with Gasteiger partial charge in [-0.15, -0.1) is 0 Å². The summed E-state index contributed by atoms with van der Waals surface area (Å²) in [6.07, 6.45) is 1.42. The highest BCUT2D eigenvalue weighted by Gasteiger charge is 2.65. The highest BCUT2D eigenvalue weighted by molar-refractivity contribution is 5.90. The number of fused-ring (bicyclic) bond motifs is 1. The zero-order valence-corrected chi connectivity index (χ0v) is 21.5. The molecule has 7 atom stereocenters. The summed E-state index contributed by atoms with van der Waals surface area (Å²) in [7, 11) is 0. The second kappa shape index (κ2) is 9.22. The number of para-hydroxylation sites is 1. The standard InChI is InChI=1S/C29H33NO7/c1-28(2)32-17-21(35-28)24-22(25-27(34-24)37-29(3,4)36-25)30-20(16-15-18-11-7-5-8-12-18)23(26(30)31)33-19-13-9-6-10-14-19/h5-16,20-25,27H,17H2,1-4H3/b16-15+/t20-,21-,22+,23+,24-,25-,27+/m1/s1. The molecule has 2 aromatic carbocycles. The summed E-state index contributed by atoms with van der Waals surface area (Å²) in [6.45, 7) is 7.80. The number of benzene rings is 2. The summed E-state index contributed by atoms with van der Waals surface area (Å²) in [6, 6.07) is 18.6. The fourth-order valence-corrected chi connectivity index (χ4v) is 5.60. The van der Waals surface area contributed by atoms with E-state index in [4.69, 9.17) is 28.4 Å². The van der Waals surface area contributed by atoms with Crippen molar-refractivity contribution >= 4 is 12.0 Å². The van der Waals surface area contributed by atoms with Crippen LogP contribution in [0.1, 0.15) is 33.3 Å². The molecule has 2 aromatic rings. The van der Waals surface area contributed by atoms with Gasteiger partial charge >= 0.3 is 0 Å². The van der Waals surface area contributed by atoms with E-state index in [1.54, 1.807) is 0 Å². The number of nitrogens with zero attached hydrogens (tertiary/aromatic N) is 1. The van der Waals surface area contributed by atoms with Crippen molar-refractivity contribution in [2.24, 2.45) is 0 Å². The summed E-state index contributed by atoms with van der Waals surface area (Å²) >= 11 is 0. The highest BCUT2D eigenvalue weighted by Crippen LogP contribution is 2.45. The fourth-order valence-electron chi connectivity index (χ4n) is 5.60. The Kier molecular flexibility index (Phi) is 6.12. The largest absolute Gasteiger partial charge is 0.478 e. The Balaban J connectivity index is 1.33. The highest BCUT2D eigenvalue weighted by atomic mass is 16.8. The fraction of sp³-hybridized carbons (Fsp3) is 0.483. The molecule has 4 aliphatic rings. The van der Waals surface area contributed by atoms with Gasteiger partial charge < -0.3 is 33.3 Å². The molecular weight excluding hydrogens is 474 g/mol. The summed E-state index contributed by atoms with van der Waals surface area (Å²) in [4.78, 5) is 15.6. The predicted molar refractivity (Wildman–Crippen MR) is 134 cm³/mol. The van der Waals surface area contributed by atoms with Gasteiger partial charge in [0.1, 0.15) is 24.1 Å². The van der Waals surface area contributed by atoms with E-state index in [0.29, 0.717) is 12.4 Å². The first-order valence-electron chi connectivity index (χ1n) is 12.8. The molecule has 8 heteroatoms. The van der Waals surface area contributed by atoms with Gasteiger partial charge in [-0.05, 0) is 45.4 Å². The molecule has 0 aromatic heterocycles. The van der Waals surface area contributed by atoms with Crippen molar-refractivity contribution in [1.82, 2.24) is 4.90 Å². The van der Waals surface area contributed by atoms with Crippen molar-refractivity contribution in [3.8, 4) is 5.75 Å². The number of hydrogen-bond donors (Lipinski definition) is 0. The Morgan fingerprint density at radius 3 is 2.27 bits per heavy atom. The van der Waals surface area contributed by atoms with Crippen LogP contribution in [0.3, 0.4) is 0 Å². The molecule has 4 saturated heterocycles. The van der Waals surface area contributed by atoms with Crippen LogP contribution < -0.4 is 4.74 Å². The van der Waals surface area contributed by atoms with Crippen LogP contribution in [0.5, 0.6) is 5.75 Å². The quantitative estimate of drug-likeness (QED) is 0.551. The van der Waals surface area contributed by atoms with E-state index in [0.717, 1.165) is 5.56 Å². The second-order valence-corrected chi connectivity index (χ2v) is 10.8. The van der Waals surface area contributed by atoms with Gasteiger partial charge in [-0.2, -0.15) is 0 Å². The number of rotatable bonds is 6. The number of ether oxygens (including phenoxy) is 6. The second-order valence-electron chi connectivity index (χ2n) is 10.8. The number of amides is 1. The first-order chi connectivity index (χ1) is 17.7. The third-order valence-corrected chi connectivity index (χ3v) is 7.19. The topological polar surface area (TPSA) is 75.7 Å². The number of β-lactam (4-membered cyclic amide) rings is 1. The monoisotopic (exact) mass is 507 g/mol. The lowest BCUT2D eigenvalue weighted by Gasteiger charge is -2.50. The molecule has 0 radical (unpaired) electrons. The molecule has 37 heavy (non-hydrogen) atoms. The van der Waals surface area contributed by atoms with Crippen LogP contribution in [0.15, 0.2) is 66.7 Å². The van der Waals surface area contributed by atoms with Crippen LogP contribution in [-0.2, 0) is 28.5 Å². The van der Waals surface area contributed by atoms with Crippen molar-refractivity contribution < 1.29 is 33.2 Å². The number of likely N-dealkylation sites (tertiary alicyclic amines) is 1. The first kappa shape index (κ1) is 24.6. The predicted octanol–water partition coefficient (Wildman–Crippen LogP) is 3.75.